The SMILES string of the molecule is CCc1cc(CN(CCCN)CCOC)n(CC)n1. The van der Waals surface area contributed by atoms with Gasteiger partial charge in [0.1, 0.15) is 0 Å². The van der Waals surface area contributed by atoms with E-state index in [1.165, 1.54) is 11.4 Å². The number of hydrogen-bond donors (Lipinski definition) is 1. The molecular formula is C14H28N4O. The van der Waals surface area contributed by atoms with Gasteiger partial charge >= 0.3 is 0 Å². The molecule has 0 aliphatic heterocycles. The highest BCUT2D eigenvalue weighted by molar-refractivity contribution is 5.10. The molecule has 0 unspecified atom stereocenters. The molecule has 0 saturated carbocycles. The third kappa shape index (κ3) is 5.30. The van der Waals surface area contributed by atoms with Crippen LogP contribution in [-0.4, -0.2) is 48.0 Å². The Hall–Kier alpha value is -0.910. The number of rotatable bonds is 10. The van der Waals surface area contributed by atoms with Crippen molar-refractivity contribution in [3.63, 3.8) is 0 Å². The zero-order chi connectivity index (χ0) is 14.1. The Kier molecular flexibility index (Phi) is 7.70. The molecule has 5 heteroatoms. The summed E-state index contributed by atoms with van der Waals surface area (Å²) < 4.78 is 7.28. The van der Waals surface area contributed by atoms with Crippen LogP contribution in [0, 0.1) is 0 Å². The van der Waals surface area contributed by atoms with Crippen molar-refractivity contribution in [1.82, 2.24) is 14.7 Å². The molecule has 0 aliphatic carbocycles. The molecule has 1 aromatic rings. The van der Waals surface area contributed by atoms with Gasteiger partial charge in [-0.05, 0) is 38.9 Å². The van der Waals surface area contributed by atoms with Crippen LogP contribution in [0.25, 0.3) is 0 Å². The average molecular weight is 268 g/mol. The first-order chi connectivity index (χ1) is 9.24. The molecule has 0 saturated heterocycles. The van der Waals surface area contributed by atoms with Gasteiger partial charge in [-0.1, -0.05) is 6.92 Å². The first kappa shape index (κ1) is 16.1. The summed E-state index contributed by atoms with van der Waals surface area (Å²) in [5, 5.41) is 4.59. The molecule has 0 bridgehead atoms. The van der Waals surface area contributed by atoms with Gasteiger partial charge in [0.15, 0.2) is 0 Å². The van der Waals surface area contributed by atoms with Crippen LogP contribution in [0.3, 0.4) is 0 Å². The summed E-state index contributed by atoms with van der Waals surface area (Å²) in [6, 6.07) is 2.21. The average Bonchev–Trinajstić information content (AvgIpc) is 2.83. The number of hydrogen-bond acceptors (Lipinski definition) is 4. The molecule has 0 aromatic carbocycles. The van der Waals surface area contributed by atoms with Crippen LogP contribution in [-0.2, 0) is 24.2 Å². The zero-order valence-corrected chi connectivity index (χ0v) is 12.6. The van der Waals surface area contributed by atoms with Gasteiger partial charge in [0.25, 0.3) is 0 Å². The van der Waals surface area contributed by atoms with E-state index in [-0.39, 0.29) is 0 Å². The number of methoxy groups -OCH3 is 1. The number of aromatic nitrogens is 2. The first-order valence-electron chi connectivity index (χ1n) is 7.22. The Labute approximate surface area is 116 Å². The molecule has 19 heavy (non-hydrogen) atoms. The summed E-state index contributed by atoms with van der Waals surface area (Å²) in [4.78, 5) is 2.39. The van der Waals surface area contributed by atoms with Crippen molar-refractivity contribution in [2.75, 3.05) is 33.4 Å². The second kappa shape index (κ2) is 9.07. The Balaban J connectivity index is 2.67. The largest absolute Gasteiger partial charge is 0.383 e. The van der Waals surface area contributed by atoms with E-state index < -0.39 is 0 Å². The fraction of sp³-hybridized carbons (Fsp3) is 0.786. The zero-order valence-electron chi connectivity index (χ0n) is 12.6. The first-order valence-corrected chi connectivity index (χ1v) is 7.22. The molecule has 1 aromatic heterocycles. The van der Waals surface area contributed by atoms with Gasteiger partial charge in [0, 0.05) is 26.7 Å². The highest BCUT2D eigenvalue weighted by atomic mass is 16.5. The van der Waals surface area contributed by atoms with Crippen LogP contribution in [0.4, 0.5) is 0 Å². The van der Waals surface area contributed by atoms with Crippen molar-refractivity contribution in [3.8, 4) is 0 Å². The lowest BCUT2D eigenvalue weighted by molar-refractivity contribution is 0.141. The summed E-state index contributed by atoms with van der Waals surface area (Å²) in [6.07, 6.45) is 2.01. The fourth-order valence-electron chi connectivity index (χ4n) is 2.12. The minimum Gasteiger partial charge on any atom is -0.383 e. The Morgan fingerprint density at radius 2 is 2.16 bits per heavy atom. The number of aryl methyl sites for hydroxylation is 2. The summed E-state index contributed by atoms with van der Waals surface area (Å²) in [5.74, 6) is 0. The van der Waals surface area contributed by atoms with Crippen molar-refractivity contribution in [3.05, 3.63) is 17.5 Å². The van der Waals surface area contributed by atoms with Gasteiger partial charge in [-0.3, -0.25) is 9.58 Å². The predicted molar refractivity (Wildman–Crippen MR) is 78.1 cm³/mol. The Morgan fingerprint density at radius 1 is 1.37 bits per heavy atom. The molecule has 5 nitrogen and oxygen atoms in total. The van der Waals surface area contributed by atoms with E-state index in [9.17, 15) is 0 Å². The topological polar surface area (TPSA) is 56.3 Å². The van der Waals surface area contributed by atoms with E-state index in [0.717, 1.165) is 52.2 Å². The van der Waals surface area contributed by atoms with Crippen LogP contribution < -0.4 is 5.73 Å². The Morgan fingerprint density at radius 3 is 2.74 bits per heavy atom. The van der Waals surface area contributed by atoms with Crippen molar-refractivity contribution in [2.45, 2.75) is 39.8 Å². The summed E-state index contributed by atoms with van der Waals surface area (Å²) >= 11 is 0. The van der Waals surface area contributed by atoms with Gasteiger partial charge in [0.05, 0.1) is 18.0 Å². The standard InChI is InChI=1S/C14H28N4O/c1-4-13-11-14(18(5-2)16-13)12-17(8-6-7-15)9-10-19-3/h11H,4-10,12,15H2,1-3H3. The van der Waals surface area contributed by atoms with Gasteiger partial charge in [-0.25, -0.2) is 0 Å². The molecule has 1 heterocycles. The van der Waals surface area contributed by atoms with E-state index in [2.05, 4.69) is 34.6 Å². The van der Waals surface area contributed by atoms with Gasteiger partial charge < -0.3 is 10.5 Å². The van der Waals surface area contributed by atoms with Crippen LogP contribution in [0.5, 0.6) is 0 Å². The molecule has 0 spiro atoms. The maximum absolute atomic E-state index is 5.61. The lowest BCUT2D eigenvalue weighted by Crippen LogP contribution is -2.30. The number of nitrogens with two attached hydrogens (primary N) is 1. The molecule has 0 radical (unpaired) electrons. The lowest BCUT2D eigenvalue weighted by atomic mass is 10.2. The minimum absolute atomic E-state index is 0.733. The number of nitrogens with zero attached hydrogens (tertiary/aromatic N) is 3. The minimum atomic E-state index is 0.733. The van der Waals surface area contributed by atoms with E-state index in [4.69, 9.17) is 10.5 Å². The van der Waals surface area contributed by atoms with Crippen molar-refractivity contribution < 1.29 is 4.74 Å². The van der Waals surface area contributed by atoms with E-state index >= 15 is 0 Å². The smallest absolute Gasteiger partial charge is 0.0625 e. The molecule has 110 valence electrons. The van der Waals surface area contributed by atoms with Crippen LogP contribution in [0.15, 0.2) is 6.07 Å². The normalized spacial score (nSPS) is 11.4. The molecule has 0 atom stereocenters. The Bertz CT molecular complexity index is 343. The van der Waals surface area contributed by atoms with E-state index in [1.807, 2.05) is 0 Å². The van der Waals surface area contributed by atoms with Gasteiger partial charge in [-0.2, -0.15) is 5.10 Å². The molecule has 0 aliphatic rings. The predicted octanol–water partition coefficient (Wildman–Crippen LogP) is 1.26. The van der Waals surface area contributed by atoms with Crippen molar-refractivity contribution >= 4 is 0 Å². The van der Waals surface area contributed by atoms with Gasteiger partial charge in [-0.15, -0.1) is 0 Å². The molecule has 1 rings (SSSR count). The third-order valence-electron chi connectivity index (χ3n) is 3.25. The molecular weight excluding hydrogens is 240 g/mol. The highest BCUT2D eigenvalue weighted by Gasteiger charge is 2.11. The maximum Gasteiger partial charge on any atom is 0.0625 e. The third-order valence-corrected chi connectivity index (χ3v) is 3.25. The van der Waals surface area contributed by atoms with Crippen molar-refractivity contribution in [1.29, 1.82) is 0 Å². The second-order valence-corrected chi connectivity index (χ2v) is 4.71. The molecule has 2 N–H and O–H groups in total. The lowest BCUT2D eigenvalue weighted by Gasteiger charge is -2.21. The molecule has 0 amide bonds. The summed E-state index contributed by atoms with van der Waals surface area (Å²) in [5.41, 5.74) is 8.06. The van der Waals surface area contributed by atoms with Crippen LogP contribution in [0.2, 0.25) is 0 Å². The highest BCUT2D eigenvalue weighted by Crippen LogP contribution is 2.09. The summed E-state index contributed by atoms with van der Waals surface area (Å²) in [6.45, 7) is 9.55. The van der Waals surface area contributed by atoms with E-state index in [1.54, 1.807) is 7.11 Å². The van der Waals surface area contributed by atoms with Crippen LogP contribution >= 0.6 is 0 Å². The van der Waals surface area contributed by atoms with Crippen molar-refractivity contribution in [2.24, 2.45) is 5.73 Å². The van der Waals surface area contributed by atoms with Gasteiger partial charge in [0.2, 0.25) is 0 Å². The monoisotopic (exact) mass is 268 g/mol. The van der Waals surface area contributed by atoms with E-state index in [0.29, 0.717) is 0 Å². The fourth-order valence-corrected chi connectivity index (χ4v) is 2.12. The van der Waals surface area contributed by atoms with Crippen LogP contribution in [0.1, 0.15) is 31.7 Å². The maximum atomic E-state index is 5.61. The molecule has 0 fully saturated rings. The quantitative estimate of drug-likeness (QED) is 0.694. The second-order valence-electron chi connectivity index (χ2n) is 4.71. The number of ether oxygens (including phenoxy) is 1. The summed E-state index contributed by atoms with van der Waals surface area (Å²) in [7, 11) is 1.74.